The second kappa shape index (κ2) is 13.0. The molecule has 0 bridgehead atoms. The predicted molar refractivity (Wildman–Crippen MR) is 132 cm³/mol. The number of carbonyl (C=O) groups excluding carboxylic acids is 2. The van der Waals surface area contributed by atoms with Crippen LogP contribution in [0.25, 0.3) is 0 Å². The Morgan fingerprint density at radius 2 is 1.31 bits per heavy atom. The van der Waals surface area contributed by atoms with E-state index in [9.17, 15) is 9.59 Å². The van der Waals surface area contributed by atoms with E-state index in [4.69, 9.17) is 18.9 Å². The second-order valence-electron chi connectivity index (χ2n) is 8.91. The fourth-order valence-electron chi connectivity index (χ4n) is 3.31. The molecule has 0 radical (unpaired) electrons. The average molecular weight is 509 g/mol. The van der Waals surface area contributed by atoms with Gasteiger partial charge in [-0.2, -0.15) is 0 Å². The van der Waals surface area contributed by atoms with E-state index >= 15 is 0 Å². The Balaban J connectivity index is 0.000000191. The van der Waals surface area contributed by atoms with Crippen LogP contribution in [0.3, 0.4) is 0 Å². The van der Waals surface area contributed by atoms with Crippen LogP contribution in [-0.2, 0) is 31.8 Å². The standard InChI is InChI=1S/C9H16O4.C8H13N3.C7H11N3O2/c1-7-3-12-9(13-4-7)5-10-8(2)11-6-9;1-4-7-9-6(3)10-8(5-2)11-7;1-5-8(2)6(11)10(4)7(12)9(5)3/h7-8H,3-6H2,1-2H3;4-5H2,1-3H3;1H2,2-4H3. The number of nitrogens with zero attached hydrogens (tertiary/aromatic N) is 6. The lowest BCUT2D eigenvalue weighted by molar-refractivity contribution is -0.369. The SMILES string of the molecule is C=C1N(C)C(=O)N(C)C(=O)N1C.CC1COC2(COC(C)OC2)OC1.CCc1nc(C)nc(CC)n1. The van der Waals surface area contributed by atoms with Crippen molar-refractivity contribution in [1.29, 1.82) is 0 Å². The maximum atomic E-state index is 11.2. The molecule has 12 nitrogen and oxygen atoms in total. The van der Waals surface area contributed by atoms with Crippen molar-refractivity contribution in [1.82, 2.24) is 29.7 Å². The number of imide groups is 1. The van der Waals surface area contributed by atoms with Crippen LogP contribution in [0.4, 0.5) is 9.59 Å². The highest BCUT2D eigenvalue weighted by atomic mass is 16.8. The van der Waals surface area contributed by atoms with Gasteiger partial charge in [0, 0.05) is 39.9 Å². The van der Waals surface area contributed by atoms with E-state index < -0.39 is 5.79 Å². The molecule has 0 unspecified atom stereocenters. The highest BCUT2D eigenvalue weighted by Gasteiger charge is 2.41. The number of aryl methyl sites for hydroxylation is 3. The second-order valence-corrected chi connectivity index (χ2v) is 8.91. The first-order valence-electron chi connectivity index (χ1n) is 12.1. The van der Waals surface area contributed by atoms with Gasteiger partial charge in [0.05, 0.1) is 13.2 Å². The molecule has 0 saturated carbocycles. The fourth-order valence-corrected chi connectivity index (χ4v) is 3.31. The zero-order chi connectivity index (χ0) is 27.0. The Morgan fingerprint density at radius 1 is 0.861 bits per heavy atom. The lowest BCUT2D eigenvalue weighted by Crippen LogP contribution is -2.55. The molecule has 3 aliphatic rings. The summed E-state index contributed by atoms with van der Waals surface area (Å²) in [5.41, 5.74) is 0. The number of hydrogen-bond acceptors (Lipinski definition) is 9. The quantitative estimate of drug-likeness (QED) is 0.593. The van der Waals surface area contributed by atoms with Gasteiger partial charge in [0.25, 0.3) is 0 Å². The smallest absolute Gasteiger partial charge is 0.333 e. The number of hydrogen-bond donors (Lipinski definition) is 0. The maximum Gasteiger partial charge on any atom is 0.333 e. The van der Waals surface area contributed by atoms with Crippen LogP contribution in [0.5, 0.6) is 0 Å². The summed E-state index contributed by atoms with van der Waals surface area (Å²) in [5.74, 6) is 2.85. The van der Waals surface area contributed by atoms with Crippen molar-refractivity contribution in [2.75, 3.05) is 47.6 Å². The van der Waals surface area contributed by atoms with E-state index in [0.717, 1.165) is 48.4 Å². The fraction of sp³-hybridized carbons (Fsp3) is 0.708. The van der Waals surface area contributed by atoms with Gasteiger partial charge >= 0.3 is 12.1 Å². The minimum atomic E-state index is -0.626. The molecule has 0 N–H and O–H groups in total. The largest absolute Gasteiger partial charge is 0.347 e. The molecule has 4 heterocycles. The Morgan fingerprint density at radius 3 is 1.72 bits per heavy atom. The molecule has 4 amide bonds. The predicted octanol–water partition coefficient (Wildman–Crippen LogP) is 2.57. The lowest BCUT2D eigenvalue weighted by Gasteiger charge is -2.42. The highest BCUT2D eigenvalue weighted by molar-refractivity contribution is 5.97. The van der Waals surface area contributed by atoms with Gasteiger partial charge < -0.3 is 18.9 Å². The zero-order valence-corrected chi connectivity index (χ0v) is 22.7. The molecule has 12 heteroatoms. The third kappa shape index (κ3) is 7.66. The van der Waals surface area contributed by atoms with Crippen LogP contribution in [0.15, 0.2) is 12.4 Å². The first kappa shape index (κ1) is 29.6. The number of carbonyl (C=O) groups is 2. The Hall–Kier alpha value is -2.67. The van der Waals surface area contributed by atoms with Crippen molar-refractivity contribution >= 4 is 12.1 Å². The van der Waals surface area contributed by atoms with E-state index in [1.54, 1.807) is 14.1 Å². The third-order valence-electron chi connectivity index (χ3n) is 5.73. The molecule has 0 atom stereocenters. The Labute approximate surface area is 213 Å². The normalized spacial score (nSPS) is 26.3. The van der Waals surface area contributed by atoms with Crippen LogP contribution < -0.4 is 0 Å². The Bertz CT molecular complexity index is 806. The molecule has 3 aliphatic heterocycles. The van der Waals surface area contributed by atoms with Crippen LogP contribution in [-0.4, -0.2) is 101 Å². The topological polar surface area (TPSA) is 119 Å². The number of ether oxygens (including phenoxy) is 4. The molecule has 0 aromatic carbocycles. The van der Waals surface area contributed by atoms with Crippen LogP contribution in [0.1, 0.15) is 45.2 Å². The molecule has 4 rings (SSSR count). The van der Waals surface area contributed by atoms with Gasteiger partial charge in [-0.1, -0.05) is 27.4 Å². The van der Waals surface area contributed by atoms with Crippen molar-refractivity contribution in [3.8, 4) is 0 Å². The van der Waals surface area contributed by atoms with Crippen molar-refractivity contribution in [2.45, 2.75) is 59.5 Å². The van der Waals surface area contributed by atoms with Crippen molar-refractivity contribution in [3.63, 3.8) is 0 Å². The van der Waals surface area contributed by atoms with Gasteiger partial charge in [0.15, 0.2) is 6.29 Å². The molecule has 3 saturated heterocycles. The molecule has 1 spiro atoms. The van der Waals surface area contributed by atoms with Gasteiger partial charge in [-0.3, -0.25) is 9.80 Å². The zero-order valence-electron chi connectivity index (χ0n) is 22.7. The van der Waals surface area contributed by atoms with E-state index in [2.05, 4.69) is 28.5 Å². The summed E-state index contributed by atoms with van der Waals surface area (Å²) in [4.78, 5) is 38.8. The monoisotopic (exact) mass is 508 g/mol. The van der Waals surface area contributed by atoms with Gasteiger partial charge in [-0.15, -0.1) is 0 Å². The van der Waals surface area contributed by atoms with Crippen LogP contribution in [0, 0.1) is 12.8 Å². The van der Waals surface area contributed by atoms with Gasteiger partial charge in [0.1, 0.15) is 36.5 Å². The molecule has 3 fully saturated rings. The minimum Gasteiger partial charge on any atom is -0.347 e. The van der Waals surface area contributed by atoms with E-state index in [-0.39, 0.29) is 18.4 Å². The summed E-state index contributed by atoms with van der Waals surface area (Å²) in [7, 11) is 4.58. The highest BCUT2D eigenvalue weighted by Crippen LogP contribution is 2.26. The first-order valence-corrected chi connectivity index (χ1v) is 12.1. The molecule has 36 heavy (non-hydrogen) atoms. The maximum absolute atomic E-state index is 11.2. The molecule has 1 aromatic heterocycles. The molecule has 202 valence electrons. The lowest BCUT2D eigenvalue weighted by atomic mass is 10.1. The summed E-state index contributed by atoms with van der Waals surface area (Å²) in [5, 5.41) is 0. The van der Waals surface area contributed by atoms with Crippen LogP contribution >= 0.6 is 0 Å². The first-order chi connectivity index (χ1) is 16.9. The van der Waals surface area contributed by atoms with Crippen molar-refractivity contribution in [3.05, 3.63) is 29.9 Å². The summed E-state index contributed by atoms with van der Waals surface area (Å²) in [6.45, 7) is 16.0. The molecular formula is C24H40N6O6. The van der Waals surface area contributed by atoms with E-state index in [1.807, 2.05) is 27.7 Å². The van der Waals surface area contributed by atoms with E-state index in [0.29, 0.717) is 25.0 Å². The number of urea groups is 2. The van der Waals surface area contributed by atoms with Crippen LogP contribution in [0.2, 0.25) is 0 Å². The molecule has 1 aromatic rings. The summed E-state index contributed by atoms with van der Waals surface area (Å²) in [6.07, 6.45) is 1.63. The van der Waals surface area contributed by atoms with Crippen molar-refractivity contribution in [2.24, 2.45) is 5.92 Å². The van der Waals surface area contributed by atoms with Crippen molar-refractivity contribution < 1.29 is 28.5 Å². The molecular weight excluding hydrogens is 468 g/mol. The third-order valence-corrected chi connectivity index (χ3v) is 5.73. The summed E-state index contributed by atoms with van der Waals surface area (Å²) >= 11 is 0. The average Bonchev–Trinajstić information content (AvgIpc) is 2.89. The van der Waals surface area contributed by atoms with E-state index in [1.165, 1.54) is 16.8 Å². The summed E-state index contributed by atoms with van der Waals surface area (Å²) in [6, 6.07) is -0.716. The van der Waals surface area contributed by atoms with Gasteiger partial charge in [-0.25, -0.2) is 29.4 Å². The van der Waals surface area contributed by atoms with Gasteiger partial charge in [0.2, 0.25) is 5.79 Å². The number of rotatable bonds is 2. The summed E-state index contributed by atoms with van der Waals surface area (Å²) < 4.78 is 21.9. The molecule has 0 aliphatic carbocycles. The Kier molecular flexibility index (Phi) is 10.7. The number of aromatic nitrogens is 3. The number of amides is 4. The van der Waals surface area contributed by atoms with Gasteiger partial charge in [-0.05, 0) is 13.8 Å². The minimum absolute atomic E-state index is 0.142.